The van der Waals surface area contributed by atoms with Crippen LogP contribution in [0.3, 0.4) is 0 Å². The summed E-state index contributed by atoms with van der Waals surface area (Å²) >= 11 is 1.48. The second-order valence-electron chi connectivity index (χ2n) is 8.49. The van der Waals surface area contributed by atoms with Crippen molar-refractivity contribution in [3.8, 4) is 6.07 Å². The SMILES string of the molecule is CCOC(=O)N(c1ccc2sc(Cc3ccc(C#N)cc3)nc2c1)S(=O)(=O)c1cccc2ccc(C)nc12. The van der Waals surface area contributed by atoms with E-state index in [1.807, 2.05) is 12.1 Å². The molecule has 2 aromatic heterocycles. The Bertz CT molecular complexity index is 1820. The number of para-hydroxylation sites is 1. The minimum atomic E-state index is -4.39. The van der Waals surface area contributed by atoms with Crippen molar-refractivity contribution in [1.29, 1.82) is 5.26 Å². The summed E-state index contributed by atoms with van der Waals surface area (Å²) < 4.78 is 34.6. The Balaban J connectivity index is 1.57. The topological polar surface area (TPSA) is 113 Å². The highest BCUT2D eigenvalue weighted by Gasteiger charge is 2.34. The van der Waals surface area contributed by atoms with E-state index < -0.39 is 16.1 Å². The van der Waals surface area contributed by atoms with E-state index >= 15 is 0 Å². The van der Waals surface area contributed by atoms with E-state index in [1.54, 1.807) is 68.4 Å². The van der Waals surface area contributed by atoms with Gasteiger partial charge in [0.1, 0.15) is 4.90 Å². The molecule has 38 heavy (non-hydrogen) atoms. The highest BCUT2D eigenvalue weighted by Crippen LogP contribution is 2.33. The number of aryl methyl sites for hydroxylation is 1. The molecule has 1 amide bonds. The van der Waals surface area contributed by atoms with Crippen molar-refractivity contribution in [3.05, 3.63) is 94.6 Å². The number of ether oxygens (including phenoxy) is 1. The maximum absolute atomic E-state index is 14.0. The average Bonchev–Trinajstić information content (AvgIpc) is 3.30. The monoisotopic (exact) mass is 542 g/mol. The standard InChI is InChI=1S/C28H22N4O4S2/c1-3-36-28(33)32(38(34,35)25-6-4-5-21-12-7-18(2)30-27(21)25)22-13-14-24-23(16-22)31-26(37-24)15-19-8-10-20(17-29)11-9-19/h4-14,16H,3,15H2,1-2H3. The lowest BCUT2D eigenvalue weighted by atomic mass is 10.1. The molecule has 0 aliphatic rings. The van der Waals surface area contributed by atoms with E-state index in [9.17, 15) is 13.2 Å². The molecule has 0 saturated heterocycles. The normalized spacial score (nSPS) is 11.4. The van der Waals surface area contributed by atoms with Gasteiger partial charge in [-0.3, -0.25) is 4.98 Å². The number of rotatable bonds is 6. The van der Waals surface area contributed by atoms with E-state index in [0.717, 1.165) is 15.3 Å². The molecular formula is C28H22N4O4S2. The number of hydrogen-bond acceptors (Lipinski definition) is 8. The van der Waals surface area contributed by atoms with E-state index in [-0.39, 0.29) is 22.7 Å². The Morgan fingerprint density at radius 2 is 1.84 bits per heavy atom. The maximum Gasteiger partial charge on any atom is 0.428 e. The summed E-state index contributed by atoms with van der Waals surface area (Å²) in [6, 6.07) is 22.7. The van der Waals surface area contributed by atoms with Gasteiger partial charge in [-0.2, -0.15) is 9.57 Å². The summed E-state index contributed by atoms with van der Waals surface area (Å²) in [5.74, 6) is 0. The largest absolute Gasteiger partial charge is 0.449 e. The van der Waals surface area contributed by atoms with Gasteiger partial charge in [-0.25, -0.2) is 18.2 Å². The van der Waals surface area contributed by atoms with Crippen molar-refractivity contribution in [1.82, 2.24) is 9.97 Å². The van der Waals surface area contributed by atoms with Crippen LogP contribution in [0.2, 0.25) is 0 Å². The first kappa shape index (κ1) is 25.3. The predicted molar refractivity (Wildman–Crippen MR) is 147 cm³/mol. The molecule has 0 unspecified atom stereocenters. The Morgan fingerprint density at radius 3 is 2.58 bits per heavy atom. The molecule has 0 spiro atoms. The first-order valence-corrected chi connectivity index (χ1v) is 14.0. The molecule has 0 saturated carbocycles. The number of thiazole rings is 1. The van der Waals surface area contributed by atoms with Crippen molar-refractivity contribution < 1.29 is 17.9 Å². The molecule has 0 bridgehead atoms. The maximum atomic E-state index is 14.0. The van der Waals surface area contributed by atoms with E-state index in [4.69, 9.17) is 10.00 Å². The number of carbonyl (C=O) groups excluding carboxylic acids is 1. The van der Waals surface area contributed by atoms with Crippen LogP contribution in [0.1, 0.15) is 28.8 Å². The zero-order valence-corrected chi connectivity index (χ0v) is 22.2. The molecule has 0 radical (unpaired) electrons. The lowest BCUT2D eigenvalue weighted by Crippen LogP contribution is -2.37. The number of amides is 1. The van der Waals surface area contributed by atoms with Crippen LogP contribution in [0.15, 0.2) is 77.7 Å². The summed E-state index contributed by atoms with van der Waals surface area (Å²) in [7, 11) is -4.39. The van der Waals surface area contributed by atoms with Gasteiger partial charge in [0, 0.05) is 17.5 Å². The molecule has 8 nitrogen and oxygen atoms in total. The van der Waals surface area contributed by atoms with Crippen LogP contribution in [0.25, 0.3) is 21.1 Å². The van der Waals surface area contributed by atoms with Crippen LogP contribution in [0, 0.1) is 18.3 Å². The molecular weight excluding hydrogens is 520 g/mol. The predicted octanol–water partition coefficient (Wildman–Crippen LogP) is 5.97. The zero-order valence-electron chi connectivity index (χ0n) is 20.6. The lowest BCUT2D eigenvalue weighted by Gasteiger charge is -2.22. The Hall–Kier alpha value is -4.33. The zero-order chi connectivity index (χ0) is 26.9. The van der Waals surface area contributed by atoms with Crippen molar-refractivity contribution in [3.63, 3.8) is 0 Å². The highest BCUT2D eigenvalue weighted by atomic mass is 32.2. The van der Waals surface area contributed by atoms with Crippen LogP contribution in [0.5, 0.6) is 0 Å². The molecule has 5 rings (SSSR count). The summed E-state index contributed by atoms with van der Waals surface area (Å²) in [5.41, 5.74) is 3.20. The lowest BCUT2D eigenvalue weighted by molar-refractivity contribution is 0.164. The van der Waals surface area contributed by atoms with Crippen LogP contribution in [-0.2, 0) is 21.2 Å². The minimum absolute atomic E-state index is 0.00539. The number of pyridine rings is 1. The molecule has 0 fully saturated rings. The molecule has 0 N–H and O–H groups in total. The van der Waals surface area contributed by atoms with Gasteiger partial charge >= 0.3 is 6.09 Å². The molecule has 10 heteroatoms. The third-order valence-corrected chi connectivity index (χ3v) is 8.62. The third-order valence-electron chi connectivity index (χ3n) is 5.86. The molecule has 3 aromatic carbocycles. The van der Waals surface area contributed by atoms with Gasteiger partial charge in [-0.05, 0) is 61.9 Å². The second kappa shape index (κ2) is 10.2. The van der Waals surface area contributed by atoms with Gasteiger partial charge in [-0.1, -0.05) is 30.3 Å². The summed E-state index contributed by atoms with van der Waals surface area (Å²) in [6.07, 6.45) is -0.453. The van der Waals surface area contributed by atoms with Crippen LogP contribution < -0.4 is 4.31 Å². The summed E-state index contributed by atoms with van der Waals surface area (Å²) in [6.45, 7) is 3.40. The third kappa shape index (κ3) is 4.81. The van der Waals surface area contributed by atoms with Gasteiger partial charge in [0.05, 0.1) is 44.7 Å². The van der Waals surface area contributed by atoms with Crippen LogP contribution in [-0.4, -0.2) is 31.1 Å². The summed E-state index contributed by atoms with van der Waals surface area (Å²) in [4.78, 5) is 22.1. The van der Waals surface area contributed by atoms with Gasteiger partial charge in [0.25, 0.3) is 10.0 Å². The quantitative estimate of drug-likeness (QED) is 0.260. The number of nitrogens with zero attached hydrogens (tertiary/aromatic N) is 4. The fraction of sp³-hybridized carbons (Fsp3) is 0.143. The first-order chi connectivity index (χ1) is 18.3. The van der Waals surface area contributed by atoms with Crippen LogP contribution >= 0.6 is 11.3 Å². The van der Waals surface area contributed by atoms with E-state index in [2.05, 4.69) is 16.0 Å². The van der Waals surface area contributed by atoms with E-state index in [1.165, 1.54) is 17.4 Å². The molecule has 2 heterocycles. The van der Waals surface area contributed by atoms with Gasteiger partial charge in [0.15, 0.2) is 0 Å². The first-order valence-electron chi connectivity index (χ1n) is 11.8. The molecule has 5 aromatic rings. The number of fused-ring (bicyclic) bond motifs is 2. The number of benzene rings is 3. The fourth-order valence-corrected chi connectivity index (χ4v) is 6.56. The molecule has 0 aliphatic carbocycles. The Labute approximate surface area is 223 Å². The molecule has 0 atom stereocenters. The average molecular weight is 543 g/mol. The van der Waals surface area contributed by atoms with Gasteiger partial charge in [-0.15, -0.1) is 11.3 Å². The van der Waals surface area contributed by atoms with Gasteiger partial charge in [0.2, 0.25) is 0 Å². The van der Waals surface area contributed by atoms with Crippen molar-refractivity contribution in [2.45, 2.75) is 25.2 Å². The van der Waals surface area contributed by atoms with E-state index in [0.29, 0.717) is 32.9 Å². The number of aromatic nitrogens is 2. The Kier molecular flexibility index (Phi) is 6.80. The minimum Gasteiger partial charge on any atom is -0.449 e. The van der Waals surface area contributed by atoms with Gasteiger partial charge < -0.3 is 4.74 Å². The number of anilines is 1. The fourth-order valence-electron chi connectivity index (χ4n) is 4.09. The highest BCUT2D eigenvalue weighted by molar-refractivity contribution is 7.93. The molecule has 0 aliphatic heterocycles. The van der Waals surface area contributed by atoms with Crippen molar-refractivity contribution in [2.75, 3.05) is 10.9 Å². The van der Waals surface area contributed by atoms with Crippen molar-refractivity contribution >= 4 is 54.3 Å². The number of carbonyl (C=O) groups is 1. The smallest absolute Gasteiger partial charge is 0.428 e. The second-order valence-corrected chi connectivity index (χ2v) is 11.4. The number of hydrogen-bond donors (Lipinski definition) is 0. The number of sulfonamides is 1. The Morgan fingerprint density at radius 1 is 1.05 bits per heavy atom. The molecule has 190 valence electrons. The van der Waals surface area contributed by atoms with Crippen molar-refractivity contribution in [2.24, 2.45) is 0 Å². The van der Waals surface area contributed by atoms with Crippen LogP contribution in [0.4, 0.5) is 10.5 Å². The summed E-state index contributed by atoms with van der Waals surface area (Å²) in [5, 5.41) is 10.5. The number of nitriles is 1.